The Hall–Kier alpha value is -5.77. The van der Waals surface area contributed by atoms with E-state index in [9.17, 15) is 14.4 Å². The fourth-order valence-electron chi connectivity index (χ4n) is 5.24. The highest BCUT2D eigenvalue weighted by Gasteiger charge is 2.37. The minimum atomic E-state index is -1.39. The number of ketones is 1. The lowest BCUT2D eigenvalue weighted by molar-refractivity contribution is -0.114. The number of aliphatic imine (C=N–C) groups is 2. The van der Waals surface area contributed by atoms with Crippen molar-refractivity contribution in [2.24, 2.45) is 9.98 Å². The third-order valence-corrected chi connectivity index (χ3v) is 7.30. The monoisotopic (exact) mass is 555 g/mol. The first-order chi connectivity index (χ1) is 20.3. The average molecular weight is 556 g/mol. The lowest BCUT2D eigenvalue weighted by Crippen LogP contribution is -2.45. The van der Waals surface area contributed by atoms with Gasteiger partial charge in [-0.1, -0.05) is 0 Å². The van der Waals surface area contributed by atoms with Crippen LogP contribution in [0.5, 0.6) is 0 Å². The number of fused-ring (bicyclic) bond motifs is 6. The number of H-pyrrole nitrogens is 3. The van der Waals surface area contributed by atoms with E-state index in [-0.39, 0.29) is 16.8 Å². The Morgan fingerprint density at radius 2 is 1.88 bits per heavy atom. The summed E-state index contributed by atoms with van der Waals surface area (Å²) in [4.78, 5) is 58.9. The smallest absolute Gasteiger partial charge is 0.259 e. The van der Waals surface area contributed by atoms with Gasteiger partial charge in [0, 0.05) is 51.8 Å². The third kappa shape index (κ3) is 4.64. The van der Waals surface area contributed by atoms with Gasteiger partial charge in [0.25, 0.3) is 5.91 Å². The van der Waals surface area contributed by atoms with E-state index in [0.717, 1.165) is 22.1 Å². The quantitative estimate of drug-likeness (QED) is 0.311. The number of pyridine rings is 1. The van der Waals surface area contributed by atoms with Crippen molar-refractivity contribution >= 4 is 41.3 Å². The Morgan fingerprint density at radius 1 is 1.05 bits per heavy atom. The Kier molecular flexibility index (Phi) is 5.82. The highest BCUT2D eigenvalue weighted by molar-refractivity contribution is 6.20. The van der Waals surface area contributed by atoms with Crippen molar-refractivity contribution in [1.29, 1.82) is 0 Å². The van der Waals surface area contributed by atoms with E-state index in [1.807, 2.05) is 48.6 Å². The molecule has 206 valence electrons. The molecule has 4 aliphatic rings. The second-order valence-electron chi connectivity index (χ2n) is 10.4. The molecule has 8 bridgehead atoms. The molecule has 0 aliphatic carbocycles. The maximum absolute atomic E-state index is 13.7. The molecule has 4 aliphatic heterocycles. The summed E-state index contributed by atoms with van der Waals surface area (Å²) in [5.74, 6) is -0.759. The first-order valence-electron chi connectivity index (χ1n) is 13.4. The molecular formula is C32H25N7O3. The molecule has 0 radical (unpaired) electrons. The second-order valence-corrected chi connectivity index (χ2v) is 10.4. The van der Waals surface area contributed by atoms with Gasteiger partial charge >= 0.3 is 0 Å². The summed E-state index contributed by atoms with van der Waals surface area (Å²) in [7, 11) is 0. The fraction of sp³-hybridized carbons (Fsp3) is 0.0938. The Morgan fingerprint density at radius 3 is 2.69 bits per heavy atom. The molecule has 0 saturated carbocycles. The number of hydrogen-bond acceptors (Lipinski definition) is 6. The first-order valence-corrected chi connectivity index (χ1v) is 13.4. The molecule has 10 heteroatoms. The number of carbonyl (C=O) groups is 2. The predicted molar refractivity (Wildman–Crippen MR) is 161 cm³/mol. The number of aryl methyl sites for hydroxylation is 1. The van der Waals surface area contributed by atoms with Crippen LogP contribution in [0.1, 0.15) is 21.6 Å². The number of rotatable bonds is 3. The van der Waals surface area contributed by atoms with Crippen molar-refractivity contribution in [1.82, 2.24) is 25.6 Å². The summed E-state index contributed by atoms with van der Waals surface area (Å²) in [6, 6.07) is 6.88. The van der Waals surface area contributed by atoms with E-state index < -0.39 is 17.6 Å². The second kappa shape index (κ2) is 9.70. The Bertz CT molecular complexity index is 2060. The van der Waals surface area contributed by atoms with Crippen LogP contribution in [0.3, 0.4) is 0 Å². The normalized spacial score (nSPS) is 24.3. The number of Topliss-reactive ketones (excluding diaryl/α,β-unsaturated/α-hetero) is 1. The molecular weight excluding hydrogens is 530 g/mol. The number of allylic oxidation sites excluding steroid dienone is 4. The summed E-state index contributed by atoms with van der Waals surface area (Å²) in [6.07, 6.45) is 21.0. The van der Waals surface area contributed by atoms with Gasteiger partial charge in [0.2, 0.25) is 0 Å². The standard InChI is InChI=1S/C32H25N7O3/c1-18-16-33-17-26(29(18)40)31(42)39-32-9-8-24(38-32)12-22-5-4-20(35-22)11-21-6-7-23(36-21)14-27-30(41)25(28(15-32)37-27)13-19-3-2-10-34-19/h2-17,27,34-35,37H,1H3,(H,33,40)(H,39,42)/b20-11?,22-12?,23-14?,25-13?,28-15-. The van der Waals surface area contributed by atoms with Crippen LogP contribution in [-0.4, -0.2) is 49.8 Å². The summed E-state index contributed by atoms with van der Waals surface area (Å²) in [5, 5.41) is 7.91. The molecule has 2 atom stereocenters. The van der Waals surface area contributed by atoms with Gasteiger partial charge in [0.15, 0.2) is 16.9 Å². The number of nitrogens with zero attached hydrogens (tertiary/aromatic N) is 2. The van der Waals surface area contributed by atoms with Crippen molar-refractivity contribution in [2.75, 3.05) is 0 Å². The highest BCUT2D eigenvalue weighted by Crippen LogP contribution is 2.29. The van der Waals surface area contributed by atoms with E-state index >= 15 is 0 Å². The molecule has 42 heavy (non-hydrogen) atoms. The molecule has 1 amide bonds. The van der Waals surface area contributed by atoms with Crippen LogP contribution in [0.4, 0.5) is 0 Å². The number of hydrogen-bond donors (Lipinski definition) is 5. The minimum Gasteiger partial charge on any atom is -0.371 e. The van der Waals surface area contributed by atoms with E-state index in [0.29, 0.717) is 28.2 Å². The SMILES string of the molecule is Cc1c[nH]cc(C(=O)NC23C=CC(=N2)C=c2ccc([nH]2)=CC2=NC(=CC4N/C(=C\3)C(=Cc3ccc[nH]3)C4=O)C=C2)c1=O. The lowest BCUT2D eigenvalue weighted by atomic mass is 10.0. The van der Waals surface area contributed by atoms with Crippen molar-refractivity contribution in [3.63, 3.8) is 0 Å². The minimum absolute atomic E-state index is 0.0394. The molecule has 3 aromatic heterocycles. The number of aromatic amines is 3. The van der Waals surface area contributed by atoms with Crippen LogP contribution in [0.25, 0.3) is 18.2 Å². The fourth-order valence-corrected chi connectivity index (χ4v) is 5.24. The molecule has 7 heterocycles. The van der Waals surface area contributed by atoms with Crippen molar-refractivity contribution in [3.8, 4) is 0 Å². The molecule has 0 aromatic carbocycles. The van der Waals surface area contributed by atoms with E-state index in [1.165, 1.54) is 6.20 Å². The highest BCUT2D eigenvalue weighted by atomic mass is 16.2. The summed E-state index contributed by atoms with van der Waals surface area (Å²) >= 11 is 0. The third-order valence-electron chi connectivity index (χ3n) is 7.30. The van der Waals surface area contributed by atoms with Gasteiger partial charge in [-0.2, -0.15) is 0 Å². The van der Waals surface area contributed by atoms with Gasteiger partial charge in [-0.3, -0.25) is 14.4 Å². The predicted octanol–water partition coefficient (Wildman–Crippen LogP) is 1.45. The first kappa shape index (κ1) is 25.2. The van der Waals surface area contributed by atoms with Crippen LogP contribution in [-0.2, 0) is 4.79 Å². The zero-order valence-electron chi connectivity index (χ0n) is 22.4. The molecule has 3 aromatic rings. The summed E-state index contributed by atoms with van der Waals surface area (Å²) < 4.78 is 0. The molecule has 10 nitrogen and oxygen atoms in total. The van der Waals surface area contributed by atoms with Gasteiger partial charge in [0.1, 0.15) is 11.6 Å². The molecule has 0 spiro atoms. The van der Waals surface area contributed by atoms with Crippen molar-refractivity contribution < 1.29 is 9.59 Å². The van der Waals surface area contributed by atoms with Gasteiger partial charge in [0.05, 0.1) is 17.1 Å². The van der Waals surface area contributed by atoms with Crippen LogP contribution in [0.15, 0.2) is 111 Å². The number of nitrogens with one attached hydrogen (secondary N) is 5. The zero-order valence-corrected chi connectivity index (χ0v) is 22.4. The van der Waals surface area contributed by atoms with E-state index in [1.54, 1.807) is 49.7 Å². The van der Waals surface area contributed by atoms with Crippen molar-refractivity contribution in [2.45, 2.75) is 18.6 Å². The van der Waals surface area contributed by atoms with Crippen LogP contribution >= 0.6 is 0 Å². The van der Waals surface area contributed by atoms with Gasteiger partial charge in [-0.05, 0) is 85.9 Å². The number of amides is 1. The van der Waals surface area contributed by atoms with Gasteiger partial charge in [-0.25, -0.2) is 9.98 Å². The molecule has 5 N–H and O–H groups in total. The average Bonchev–Trinajstić information content (AvgIpc) is 3.80. The molecule has 7 rings (SSSR count). The van der Waals surface area contributed by atoms with Gasteiger partial charge < -0.3 is 25.6 Å². The lowest BCUT2D eigenvalue weighted by Gasteiger charge is -2.23. The summed E-state index contributed by atoms with van der Waals surface area (Å²) in [5.41, 5.74) is 2.24. The van der Waals surface area contributed by atoms with Crippen LogP contribution < -0.4 is 26.8 Å². The molecule has 1 saturated heterocycles. The number of aromatic nitrogens is 3. The van der Waals surface area contributed by atoms with Crippen LogP contribution in [0, 0.1) is 6.92 Å². The van der Waals surface area contributed by atoms with E-state index in [4.69, 9.17) is 4.99 Å². The molecule has 2 unspecified atom stereocenters. The maximum Gasteiger partial charge on any atom is 0.259 e. The Balaban J connectivity index is 1.41. The molecule has 1 fully saturated rings. The number of carbonyl (C=O) groups excluding carboxylic acids is 2. The van der Waals surface area contributed by atoms with Crippen LogP contribution in [0.2, 0.25) is 0 Å². The Labute approximate surface area is 239 Å². The van der Waals surface area contributed by atoms with E-state index in [2.05, 4.69) is 30.6 Å². The van der Waals surface area contributed by atoms with Gasteiger partial charge in [-0.15, -0.1) is 0 Å². The summed E-state index contributed by atoms with van der Waals surface area (Å²) in [6.45, 7) is 1.64. The zero-order chi connectivity index (χ0) is 28.8. The topological polar surface area (TPSA) is 147 Å². The maximum atomic E-state index is 13.7. The largest absolute Gasteiger partial charge is 0.371 e. The van der Waals surface area contributed by atoms with Crippen molar-refractivity contribution in [3.05, 3.63) is 134 Å².